The van der Waals surface area contributed by atoms with Gasteiger partial charge in [0, 0.05) is 11.4 Å². The SMILES string of the molecule is CCOc1cc(/C=C2/SC(=S)N(n3c(C)ccc3C)C2=O)ccc1O[C@H](C)CC. The van der Waals surface area contributed by atoms with Gasteiger partial charge >= 0.3 is 0 Å². The minimum absolute atomic E-state index is 0.101. The number of hydrogen-bond acceptors (Lipinski definition) is 5. The number of benzene rings is 1. The van der Waals surface area contributed by atoms with E-state index in [-0.39, 0.29) is 12.0 Å². The van der Waals surface area contributed by atoms with Crippen molar-refractivity contribution in [2.45, 2.75) is 47.1 Å². The predicted octanol–water partition coefficient (Wildman–Crippen LogP) is 5.22. The third-order valence-electron chi connectivity index (χ3n) is 4.68. The number of amides is 1. The number of nitrogens with zero attached hydrogens (tertiary/aromatic N) is 2. The molecule has 2 aromatic rings. The van der Waals surface area contributed by atoms with Gasteiger partial charge in [0.1, 0.15) is 0 Å². The Morgan fingerprint density at radius 2 is 1.83 bits per heavy atom. The standard InChI is InChI=1S/C22H26N2O3S2/c1-6-16(5)27-18-11-10-17(12-19(18)26-7-2)13-20-21(25)24(22(28)29-20)23-14(3)8-9-15(23)4/h8-13,16H,6-7H2,1-5H3/b20-13+/t16-/m1/s1. The van der Waals surface area contributed by atoms with Crippen LogP contribution in [0.25, 0.3) is 6.08 Å². The highest BCUT2D eigenvalue weighted by molar-refractivity contribution is 8.27. The van der Waals surface area contributed by atoms with E-state index < -0.39 is 0 Å². The van der Waals surface area contributed by atoms with Gasteiger partial charge in [0.15, 0.2) is 15.8 Å². The first-order valence-electron chi connectivity index (χ1n) is 9.72. The number of rotatable bonds is 7. The van der Waals surface area contributed by atoms with Crippen molar-refractivity contribution in [2.24, 2.45) is 0 Å². The van der Waals surface area contributed by atoms with Gasteiger partial charge in [-0.2, -0.15) is 5.01 Å². The first-order valence-corrected chi connectivity index (χ1v) is 10.9. The summed E-state index contributed by atoms with van der Waals surface area (Å²) in [6, 6.07) is 9.67. The van der Waals surface area contributed by atoms with Crippen LogP contribution in [0, 0.1) is 13.8 Å². The maximum Gasteiger partial charge on any atom is 0.285 e. The molecule has 1 aromatic carbocycles. The van der Waals surface area contributed by atoms with Gasteiger partial charge in [0.25, 0.3) is 5.91 Å². The minimum atomic E-state index is -0.125. The molecule has 2 heterocycles. The number of thiocarbonyl (C=S) groups is 1. The predicted molar refractivity (Wildman–Crippen MR) is 123 cm³/mol. The van der Waals surface area contributed by atoms with E-state index in [9.17, 15) is 4.79 Å². The lowest BCUT2D eigenvalue weighted by atomic mass is 10.1. The van der Waals surface area contributed by atoms with Gasteiger partial charge in [-0.05, 0) is 82.2 Å². The number of hydrogen-bond donors (Lipinski definition) is 0. The molecule has 1 atom stereocenters. The summed E-state index contributed by atoms with van der Waals surface area (Å²) in [6.07, 6.45) is 2.86. The van der Waals surface area contributed by atoms with Gasteiger partial charge in [-0.25, -0.2) is 0 Å². The van der Waals surface area contributed by atoms with E-state index in [0.717, 1.165) is 23.4 Å². The molecule has 0 N–H and O–H groups in total. The van der Waals surface area contributed by atoms with E-state index in [1.165, 1.54) is 11.8 Å². The molecule has 1 aliphatic heterocycles. The molecule has 0 aliphatic carbocycles. The van der Waals surface area contributed by atoms with Crippen LogP contribution in [0.2, 0.25) is 0 Å². The normalized spacial score (nSPS) is 16.6. The Kier molecular flexibility index (Phi) is 6.70. The Hall–Kier alpha value is -2.25. The molecule has 1 saturated heterocycles. The molecule has 0 spiro atoms. The second kappa shape index (κ2) is 9.05. The van der Waals surface area contributed by atoms with Crippen LogP contribution >= 0.6 is 24.0 Å². The molecular weight excluding hydrogens is 404 g/mol. The van der Waals surface area contributed by atoms with Crippen LogP contribution in [-0.2, 0) is 4.79 Å². The van der Waals surface area contributed by atoms with Crippen molar-refractivity contribution in [3.63, 3.8) is 0 Å². The van der Waals surface area contributed by atoms with Gasteiger partial charge in [-0.15, -0.1) is 0 Å². The number of carbonyl (C=O) groups is 1. The fourth-order valence-electron chi connectivity index (χ4n) is 3.04. The zero-order chi connectivity index (χ0) is 21.1. The zero-order valence-electron chi connectivity index (χ0n) is 17.4. The van der Waals surface area contributed by atoms with Crippen LogP contribution in [-0.4, -0.2) is 27.6 Å². The highest BCUT2D eigenvalue weighted by Crippen LogP contribution is 2.35. The molecule has 0 saturated carbocycles. The largest absolute Gasteiger partial charge is 0.490 e. The highest BCUT2D eigenvalue weighted by atomic mass is 32.2. The monoisotopic (exact) mass is 430 g/mol. The van der Waals surface area contributed by atoms with Crippen molar-refractivity contribution in [1.82, 2.24) is 4.68 Å². The molecule has 7 heteroatoms. The molecule has 3 rings (SSSR count). The van der Waals surface area contributed by atoms with Crippen LogP contribution in [0.1, 0.15) is 44.1 Å². The Labute approximate surface area is 181 Å². The van der Waals surface area contributed by atoms with Crippen molar-refractivity contribution in [3.05, 3.63) is 52.2 Å². The summed E-state index contributed by atoms with van der Waals surface area (Å²) in [4.78, 5) is 13.6. The maximum absolute atomic E-state index is 13.1. The Morgan fingerprint density at radius 3 is 2.45 bits per heavy atom. The van der Waals surface area contributed by atoms with E-state index >= 15 is 0 Å². The summed E-state index contributed by atoms with van der Waals surface area (Å²) in [5.41, 5.74) is 2.79. The fraction of sp³-hybridized carbons (Fsp3) is 0.364. The number of thioether (sulfide) groups is 1. The lowest BCUT2D eigenvalue weighted by molar-refractivity contribution is -0.114. The van der Waals surface area contributed by atoms with E-state index in [0.29, 0.717) is 27.3 Å². The first-order chi connectivity index (χ1) is 13.8. The third kappa shape index (κ3) is 4.51. The molecule has 1 amide bonds. The topological polar surface area (TPSA) is 43.7 Å². The molecule has 1 aliphatic rings. The first kappa shape index (κ1) is 21.5. The van der Waals surface area contributed by atoms with E-state index in [2.05, 4.69) is 6.92 Å². The number of ether oxygens (including phenoxy) is 2. The summed E-state index contributed by atoms with van der Waals surface area (Å²) in [5.74, 6) is 1.26. The van der Waals surface area contributed by atoms with Gasteiger partial charge in [-0.3, -0.25) is 9.47 Å². The second-order valence-corrected chi connectivity index (χ2v) is 8.57. The Morgan fingerprint density at radius 1 is 1.14 bits per heavy atom. The van der Waals surface area contributed by atoms with Crippen molar-refractivity contribution < 1.29 is 14.3 Å². The van der Waals surface area contributed by atoms with Gasteiger partial charge in [0.05, 0.1) is 17.6 Å². The maximum atomic E-state index is 13.1. The molecule has 5 nitrogen and oxygen atoms in total. The molecule has 29 heavy (non-hydrogen) atoms. The summed E-state index contributed by atoms with van der Waals surface area (Å²) < 4.78 is 14.1. The van der Waals surface area contributed by atoms with Crippen molar-refractivity contribution in [2.75, 3.05) is 11.6 Å². The summed E-state index contributed by atoms with van der Waals surface area (Å²) in [7, 11) is 0. The molecule has 0 unspecified atom stereocenters. The summed E-state index contributed by atoms with van der Waals surface area (Å²) in [6.45, 7) is 10.5. The summed E-state index contributed by atoms with van der Waals surface area (Å²) >= 11 is 6.79. The quantitative estimate of drug-likeness (QED) is 0.445. The molecule has 0 radical (unpaired) electrons. The lowest BCUT2D eigenvalue weighted by Gasteiger charge is -2.20. The Bertz CT molecular complexity index is 945. The number of aromatic nitrogens is 1. The molecule has 1 aromatic heterocycles. The van der Waals surface area contributed by atoms with Crippen molar-refractivity contribution in [3.8, 4) is 11.5 Å². The van der Waals surface area contributed by atoms with E-state index in [4.69, 9.17) is 21.7 Å². The number of aryl methyl sites for hydroxylation is 2. The van der Waals surface area contributed by atoms with Crippen LogP contribution < -0.4 is 14.5 Å². The number of carbonyl (C=O) groups excluding carboxylic acids is 1. The summed E-state index contributed by atoms with van der Waals surface area (Å²) in [5, 5.41) is 1.56. The zero-order valence-corrected chi connectivity index (χ0v) is 19.0. The van der Waals surface area contributed by atoms with E-state index in [1.807, 2.05) is 68.8 Å². The molecule has 0 bridgehead atoms. The Balaban J connectivity index is 1.91. The third-order valence-corrected chi connectivity index (χ3v) is 5.96. The van der Waals surface area contributed by atoms with Gasteiger partial charge in [0.2, 0.25) is 0 Å². The molecular formula is C22H26N2O3S2. The average molecular weight is 431 g/mol. The molecule has 154 valence electrons. The van der Waals surface area contributed by atoms with Crippen molar-refractivity contribution >= 4 is 40.3 Å². The minimum Gasteiger partial charge on any atom is -0.490 e. The van der Waals surface area contributed by atoms with Crippen LogP contribution in [0.4, 0.5) is 0 Å². The average Bonchev–Trinajstić information content (AvgIpc) is 3.15. The van der Waals surface area contributed by atoms with E-state index in [1.54, 1.807) is 5.01 Å². The van der Waals surface area contributed by atoms with Crippen LogP contribution in [0.5, 0.6) is 11.5 Å². The fourth-order valence-corrected chi connectivity index (χ4v) is 4.28. The van der Waals surface area contributed by atoms with Gasteiger partial charge in [-0.1, -0.05) is 24.8 Å². The van der Waals surface area contributed by atoms with Crippen LogP contribution in [0.3, 0.4) is 0 Å². The lowest BCUT2D eigenvalue weighted by Crippen LogP contribution is -2.39. The highest BCUT2D eigenvalue weighted by Gasteiger charge is 2.34. The molecule has 1 fully saturated rings. The van der Waals surface area contributed by atoms with Crippen LogP contribution in [0.15, 0.2) is 35.2 Å². The van der Waals surface area contributed by atoms with Gasteiger partial charge < -0.3 is 9.47 Å². The smallest absolute Gasteiger partial charge is 0.285 e. The van der Waals surface area contributed by atoms with Crippen molar-refractivity contribution in [1.29, 1.82) is 0 Å². The second-order valence-electron chi connectivity index (χ2n) is 6.90.